The lowest BCUT2D eigenvalue weighted by Gasteiger charge is -2.27. The van der Waals surface area contributed by atoms with E-state index < -0.39 is 11.7 Å². The third-order valence-electron chi connectivity index (χ3n) is 2.92. The van der Waals surface area contributed by atoms with Gasteiger partial charge in [-0.1, -0.05) is 11.6 Å². The number of nitriles is 1. The van der Waals surface area contributed by atoms with Gasteiger partial charge in [-0.15, -0.1) is 0 Å². The molecule has 0 fully saturated rings. The van der Waals surface area contributed by atoms with Crippen LogP contribution in [0.5, 0.6) is 0 Å². The molecule has 0 bridgehead atoms. The number of ether oxygens (including phenoxy) is 1. The Hall–Kier alpha value is -2.51. The summed E-state index contributed by atoms with van der Waals surface area (Å²) in [4.78, 5) is 14.1. The second-order valence-corrected chi connectivity index (χ2v) is 6.39. The Bertz CT molecular complexity index is 726. The lowest BCUT2D eigenvalue weighted by Crippen LogP contribution is -2.33. The van der Waals surface area contributed by atoms with E-state index in [1.54, 1.807) is 48.5 Å². The van der Waals surface area contributed by atoms with Gasteiger partial charge in [-0.3, -0.25) is 0 Å². The SMILES string of the molecule is CC(C)(C)OC(=O)N(c1ccc(Cl)cc1)c1ccc(C#N)cc1. The van der Waals surface area contributed by atoms with Crippen LogP contribution >= 0.6 is 11.6 Å². The molecule has 2 aromatic carbocycles. The molecule has 4 nitrogen and oxygen atoms in total. The first kappa shape index (κ1) is 16.9. The first-order chi connectivity index (χ1) is 10.8. The van der Waals surface area contributed by atoms with Crippen molar-refractivity contribution in [3.05, 3.63) is 59.1 Å². The molecule has 0 aliphatic rings. The zero-order valence-electron chi connectivity index (χ0n) is 13.2. The molecule has 118 valence electrons. The van der Waals surface area contributed by atoms with Crippen LogP contribution in [0.3, 0.4) is 0 Å². The summed E-state index contributed by atoms with van der Waals surface area (Å²) < 4.78 is 5.48. The van der Waals surface area contributed by atoms with Crippen molar-refractivity contribution in [1.29, 1.82) is 5.26 Å². The normalized spacial score (nSPS) is 10.7. The monoisotopic (exact) mass is 328 g/mol. The van der Waals surface area contributed by atoms with Gasteiger partial charge in [0.05, 0.1) is 23.0 Å². The average molecular weight is 329 g/mol. The van der Waals surface area contributed by atoms with Crippen molar-refractivity contribution < 1.29 is 9.53 Å². The Kier molecular flexibility index (Phi) is 4.92. The molecular weight excluding hydrogens is 312 g/mol. The van der Waals surface area contributed by atoms with Gasteiger partial charge in [-0.25, -0.2) is 9.69 Å². The van der Waals surface area contributed by atoms with Crippen molar-refractivity contribution in [2.75, 3.05) is 4.90 Å². The van der Waals surface area contributed by atoms with Gasteiger partial charge in [0.15, 0.2) is 0 Å². The van der Waals surface area contributed by atoms with E-state index >= 15 is 0 Å². The highest BCUT2D eigenvalue weighted by Gasteiger charge is 2.24. The van der Waals surface area contributed by atoms with Crippen LogP contribution in [-0.4, -0.2) is 11.7 Å². The van der Waals surface area contributed by atoms with E-state index in [0.29, 0.717) is 22.0 Å². The molecule has 0 heterocycles. The lowest BCUT2D eigenvalue weighted by atomic mass is 10.2. The van der Waals surface area contributed by atoms with Crippen LogP contribution in [0.25, 0.3) is 0 Å². The minimum atomic E-state index is -0.617. The standard InChI is InChI=1S/C18H17ClN2O2/c1-18(2,3)23-17(22)21(16-10-6-14(19)7-11-16)15-8-4-13(12-20)5-9-15/h4-11H,1-3H3. The third kappa shape index (κ3) is 4.48. The summed E-state index contributed by atoms with van der Waals surface area (Å²) in [5.41, 5.74) is 1.15. The van der Waals surface area contributed by atoms with E-state index in [-0.39, 0.29) is 0 Å². The second kappa shape index (κ2) is 6.72. The van der Waals surface area contributed by atoms with Crippen molar-refractivity contribution in [1.82, 2.24) is 0 Å². The number of hydrogen-bond acceptors (Lipinski definition) is 3. The van der Waals surface area contributed by atoms with Gasteiger partial charge >= 0.3 is 6.09 Å². The van der Waals surface area contributed by atoms with Gasteiger partial charge in [-0.05, 0) is 69.3 Å². The first-order valence-electron chi connectivity index (χ1n) is 7.09. The highest BCUT2D eigenvalue weighted by Crippen LogP contribution is 2.29. The van der Waals surface area contributed by atoms with E-state index in [1.165, 1.54) is 4.90 Å². The van der Waals surface area contributed by atoms with Crippen molar-refractivity contribution in [2.24, 2.45) is 0 Å². The Labute approximate surface area is 140 Å². The number of anilines is 2. The Morgan fingerprint density at radius 1 is 1.04 bits per heavy atom. The summed E-state index contributed by atoms with van der Waals surface area (Å²) in [5, 5.41) is 9.49. The smallest absolute Gasteiger partial charge is 0.419 e. The molecule has 0 N–H and O–H groups in total. The van der Waals surface area contributed by atoms with Crippen LogP contribution in [0.15, 0.2) is 48.5 Å². The van der Waals surface area contributed by atoms with E-state index in [9.17, 15) is 4.79 Å². The van der Waals surface area contributed by atoms with Crippen LogP contribution in [0.1, 0.15) is 26.3 Å². The van der Waals surface area contributed by atoms with Crippen LogP contribution in [0.4, 0.5) is 16.2 Å². The van der Waals surface area contributed by atoms with Crippen LogP contribution < -0.4 is 4.90 Å². The summed E-state index contributed by atoms with van der Waals surface area (Å²) in [7, 11) is 0. The lowest BCUT2D eigenvalue weighted by molar-refractivity contribution is 0.0599. The van der Waals surface area contributed by atoms with Gasteiger partial charge in [0.25, 0.3) is 0 Å². The van der Waals surface area contributed by atoms with Gasteiger partial charge < -0.3 is 4.74 Å². The molecule has 1 amide bonds. The molecule has 0 unspecified atom stereocenters. The van der Waals surface area contributed by atoms with Crippen molar-refractivity contribution >= 4 is 29.1 Å². The molecular formula is C18H17ClN2O2. The van der Waals surface area contributed by atoms with E-state index in [2.05, 4.69) is 6.07 Å². The van der Waals surface area contributed by atoms with E-state index in [1.807, 2.05) is 20.8 Å². The number of nitrogens with zero attached hydrogens (tertiary/aromatic N) is 2. The quantitative estimate of drug-likeness (QED) is 0.753. The highest BCUT2D eigenvalue weighted by molar-refractivity contribution is 6.30. The molecule has 0 spiro atoms. The minimum absolute atomic E-state index is 0.496. The Balaban J connectivity index is 2.43. The summed E-state index contributed by atoms with van der Waals surface area (Å²) in [6, 6.07) is 15.7. The predicted molar refractivity (Wildman–Crippen MR) is 91.0 cm³/mol. The van der Waals surface area contributed by atoms with Crippen molar-refractivity contribution in [3.63, 3.8) is 0 Å². The number of carbonyl (C=O) groups is 1. The summed E-state index contributed by atoms with van der Waals surface area (Å²) >= 11 is 5.92. The van der Waals surface area contributed by atoms with E-state index in [4.69, 9.17) is 21.6 Å². The molecule has 0 saturated heterocycles. The fourth-order valence-electron chi connectivity index (χ4n) is 1.94. The van der Waals surface area contributed by atoms with Gasteiger partial charge in [0.2, 0.25) is 0 Å². The summed E-state index contributed by atoms with van der Waals surface area (Å²) in [5.74, 6) is 0. The van der Waals surface area contributed by atoms with Crippen LogP contribution in [-0.2, 0) is 4.74 Å². The number of amides is 1. The Morgan fingerprint density at radius 2 is 1.52 bits per heavy atom. The van der Waals surface area contributed by atoms with Crippen molar-refractivity contribution in [2.45, 2.75) is 26.4 Å². The number of rotatable bonds is 2. The number of hydrogen-bond donors (Lipinski definition) is 0. The Morgan fingerprint density at radius 3 is 1.96 bits per heavy atom. The summed E-state index contributed by atoms with van der Waals surface area (Å²) in [6.45, 7) is 5.43. The largest absolute Gasteiger partial charge is 0.443 e. The maximum atomic E-state index is 12.6. The third-order valence-corrected chi connectivity index (χ3v) is 3.17. The predicted octanol–water partition coefficient (Wildman–Crippen LogP) is 5.28. The van der Waals surface area contributed by atoms with Crippen LogP contribution in [0, 0.1) is 11.3 Å². The fraction of sp³-hybridized carbons (Fsp3) is 0.222. The molecule has 0 radical (unpaired) electrons. The highest BCUT2D eigenvalue weighted by atomic mass is 35.5. The van der Waals surface area contributed by atoms with Gasteiger partial charge in [0, 0.05) is 5.02 Å². The molecule has 0 aliphatic heterocycles. The number of halogens is 1. The van der Waals surface area contributed by atoms with Gasteiger partial charge in [-0.2, -0.15) is 5.26 Å². The second-order valence-electron chi connectivity index (χ2n) is 5.95. The molecule has 0 atom stereocenters. The first-order valence-corrected chi connectivity index (χ1v) is 7.47. The fourth-order valence-corrected chi connectivity index (χ4v) is 2.07. The number of carbonyl (C=O) groups excluding carboxylic acids is 1. The molecule has 2 rings (SSSR count). The molecule has 0 saturated carbocycles. The maximum Gasteiger partial charge on any atom is 0.419 e. The zero-order chi connectivity index (χ0) is 17.0. The van der Waals surface area contributed by atoms with Gasteiger partial charge in [0.1, 0.15) is 5.60 Å². The average Bonchev–Trinajstić information content (AvgIpc) is 2.48. The topological polar surface area (TPSA) is 53.3 Å². The minimum Gasteiger partial charge on any atom is -0.443 e. The maximum absolute atomic E-state index is 12.6. The van der Waals surface area contributed by atoms with Crippen molar-refractivity contribution in [3.8, 4) is 6.07 Å². The summed E-state index contributed by atoms with van der Waals surface area (Å²) in [6.07, 6.45) is -0.496. The molecule has 5 heteroatoms. The van der Waals surface area contributed by atoms with E-state index in [0.717, 1.165) is 0 Å². The number of benzene rings is 2. The molecule has 23 heavy (non-hydrogen) atoms. The van der Waals surface area contributed by atoms with Crippen LogP contribution in [0.2, 0.25) is 5.02 Å². The zero-order valence-corrected chi connectivity index (χ0v) is 14.0. The molecule has 0 aliphatic carbocycles. The molecule has 0 aromatic heterocycles. The molecule has 2 aromatic rings.